The van der Waals surface area contributed by atoms with Crippen molar-refractivity contribution in [1.29, 1.82) is 5.26 Å². The maximum atomic E-state index is 12.4. The van der Waals surface area contributed by atoms with Gasteiger partial charge in [0, 0.05) is 43.7 Å². The zero-order valence-corrected chi connectivity index (χ0v) is 16.0. The number of amides is 1. The van der Waals surface area contributed by atoms with Gasteiger partial charge in [-0.15, -0.1) is 0 Å². The van der Waals surface area contributed by atoms with Crippen LogP contribution in [0.5, 0.6) is 0 Å². The number of carbonyl (C=O) groups excluding carboxylic acids is 1. The van der Waals surface area contributed by atoms with Crippen LogP contribution < -0.4 is 5.32 Å². The highest BCUT2D eigenvalue weighted by molar-refractivity contribution is 7.91. The molecule has 0 bridgehead atoms. The lowest BCUT2D eigenvalue weighted by molar-refractivity contribution is -0.384. The molecule has 10 nitrogen and oxygen atoms in total. The molecular weight excluding hydrogens is 388 g/mol. The minimum Gasteiger partial charge on any atom is -0.383 e. The number of ether oxygens (including phenoxy) is 1. The molecule has 0 aliphatic carbocycles. The van der Waals surface area contributed by atoms with Crippen molar-refractivity contribution in [2.45, 2.75) is 12.5 Å². The van der Waals surface area contributed by atoms with Crippen molar-refractivity contribution < 1.29 is 22.9 Å². The van der Waals surface area contributed by atoms with E-state index in [1.165, 1.54) is 37.6 Å². The lowest BCUT2D eigenvalue weighted by Gasteiger charge is -2.26. The van der Waals surface area contributed by atoms with Crippen molar-refractivity contribution in [1.82, 2.24) is 4.90 Å². The Bertz CT molecular complexity index is 922. The van der Waals surface area contributed by atoms with Crippen molar-refractivity contribution in [2.24, 2.45) is 0 Å². The number of nitro groups is 1. The SMILES string of the molecule is COCCN(/C=C(/C#N)C(=O)Nc1cccc([N+](=O)[O-])c1)C1CCS(=O)(=O)C1. The molecule has 1 aromatic rings. The first-order valence-corrected chi connectivity index (χ1v) is 10.2. The van der Waals surface area contributed by atoms with E-state index in [9.17, 15) is 28.6 Å². The molecular formula is C17H20N4O6S. The molecule has 1 aromatic carbocycles. The highest BCUT2D eigenvalue weighted by atomic mass is 32.2. The zero-order chi connectivity index (χ0) is 20.7. The van der Waals surface area contributed by atoms with E-state index in [1.807, 2.05) is 0 Å². The van der Waals surface area contributed by atoms with E-state index in [4.69, 9.17) is 4.74 Å². The molecule has 1 aliphatic rings. The lowest BCUT2D eigenvalue weighted by Crippen LogP contribution is -2.35. The van der Waals surface area contributed by atoms with Crippen LogP contribution in [0.25, 0.3) is 0 Å². The van der Waals surface area contributed by atoms with Gasteiger partial charge in [0.05, 0.1) is 23.0 Å². The summed E-state index contributed by atoms with van der Waals surface area (Å²) in [6.07, 6.45) is 1.71. The predicted octanol–water partition coefficient (Wildman–Crippen LogP) is 1.08. The lowest BCUT2D eigenvalue weighted by atomic mass is 10.2. The quantitative estimate of drug-likeness (QED) is 0.291. The largest absolute Gasteiger partial charge is 0.383 e. The second kappa shape index (κ2) is 9.29. The van der Waals surface area contributed by atoms with Crippen molar-refractivity contribution in [3.63, 3.8) is 0 Å². The Labute approximate surface area is 162 Å². The summed E-state index contributed by atoms with van der Waals surface area (Å²) in [4.78, 5) is 24.3. The number of nitrogens with one attached hydrogen (secondary N) is 1. The van der Waals surface area contributed by atoms with Crippen molar-refractivity contribution in [3.05, 3.63) is 46.2 Å². The molecule has 11 heteroatoms. The summed E-state index contributed by atoms with van der Waals surface area (Å²) in [5.74, 6) is -0.749. The number of nitriles is 1. The Balaban J connectivity index is 2.20. The van der Waals surface area contributed by atoms with E-state index in [1.54, 1.807) is 11.0 Å². The Morgan fingerprint density at radius 1 is 1.54 bits per heavy atom. The summed E-state index contributed by atoms with van der Waals surface area (Å²) in [6, 6.07) is 6.78. The summed E-state index contributed by atoms with van der Waals surface area (Å²) in [5.41, 5.74) is -0.266. The molecule has 2 rings (SSSR count). The third-order valence-corrected chi connectivity index (χ3v) is 5.96. The van der Waals surface area contributed by atoms with Gasteiger partial charge in [-0.05, 0) is 12.5 Å². The molecule has 150 valence electrons. The predicted molar refractivity (Wildman–Crippen MR) is 101 cm³/mol. The van der Waals surface area contributed by atoms with Crippen LogP contribution in [0.1, 0.15) is 6.42 Å². The molecule has 0 spiro atoms. The topological polar surface area (TPSA) is 143 Å². The van der Waals surface area contributed by atoms with Gasteiger partial charge < -0.3 is 15.0 Å². The fourth-order valence-corrected chi connectivity index (χ4v) is 4.53. The van der Waals surface area contributed by atoms with E-state index in [-0.39, 0.29) is 41.1 Å². The molecule has 0 aromatic heterocycles. The maximum Gasteiger partial charge on any atom is 0.271 e. The fourth-order valence-electron chi connectivity index (χ4n) is 2.79. The van der Waals surface area contributed by atoms with Gasteiger partial charge in [0.25, 0.3) is 11.6 Å². The number of benzene rings is 1. The smallest absolute Gasteiger partial charge is 0.271 e. The molecule has 1 amide bonds. The third kappa shape index (κ3) is 5.77. The first kappa shape index (κ1) is 21.3. The van der Waals surface area contributed by atoms with Gasteiger partial charge >= 0.3 is 0 Å². The summed E-state index contributed by atoms with van der Waals surface area (Å²) in [5, 5.41) is 22.7. The van der Waals surface area contributed by atoms with E-state index >= 15 is 0 Å². The van der Waals surface area contributed by atoms with Gasteiger partial charge in [-0.3, -0.25) is 14.9 Å². The molecule has 0 radical (unpaired) electrons. The number of carbonyl (C=O) groups is 1. The van der Waals surface area contributed by atoms with Gasteiger partial charge in [-0.2, -0.15) is 5.26 Å². The summed E-state index contributed by atoms with van der Waals surface area (Å²) < 4.78 is 28.5. The Hall–Kier alpha value is -2.97. The molecule has 1 aliphatic heterocycles. The second-order valence-corrected chi connectivity index (χ2v) is 8.43. The fraction of sp³-hybridized carbons (Fsp3) is 0.412. The first-order valence-electron chi connectivity index (χ1n) is 8.38. The van der Waals surface area contributed by atoms with Crippen LogP contribution in [0.2, 0.25) is 0 Å². The van der Waals surface area contributed by atoms with Gasteiger partial charge in [0.15, 0.2) is 9.84 Å². The average Bonchev–Trinajstić information content (AvgIpc) is 3.01. The molecule has 1 fully saturated rings. The van der Waals surface area contributed by atoms with Crippen LogP contribution in [0.3, 0.4) is 0 Å². The normalized spacial score (nSPS) is 18.3. The minimum atomic E-state index is -3.15. The summed E-state index contributed by atoms with van der Waals surface area (Å²) >= 11 is 0. The number of non-ortho nitro benzene ring substituents is 1. The van der Waals surface area contributed by atoms with Crippen LogP contribution in [-0.2, 0) is 19.4 Å². The third-order valence-electron chi connectivity index (χ3n) is 4.21. The van der Waals surface area contributed by atoms with Crippen molar-refractivity contribution in [2.75, 3.05) is 37.1 Å². The summed E-state index contributed by atoms with van der Waals surface area (Å²) in [7, 11) is -1.66. The number of nitrogens with zero attached hydrogens (tertiary/aromatic N) is 3. The van der Waals surface area contributed by atoms with E-state index in [0.29, 0.717) is 13.0 Å². The molecule has 1 atom stereocenters. The first-order chi connectivity index (χ1) is 13.3. The Morgan fingerprint density at radius 3 is 2.86 bits per heavy atom. The Kier molecular flexibility index (Phi) is 7.08. The van der Waals surface area contributed by atoms with Crippen LogP contribution in [0.4, 0.5) is 11.4 Å². The number of methoxy groups -OCH3 is 1. The molecule has 1 heterocycles. The second-order valence-electron chi connectivity index (χ2n) is 6.20. The molecule has 28 heavy (non-hydrogen) atoms. The number of sulfone groups is 1. The van der Waals surface area contributed by atoms with Gasteiger partial charge in [-0.25, -0.2) is 8.42 Å². The molecule has 0 saturated carbocycles. The van der Waals surface area contributed by atoms with Crippen LogP contribution in [-0.4, -0.2) is 62.0 Å². The zero-order valence-electron chi connectivity index (χ0n) is 15.2. The van der Waals surface area contributed by atoms with Crippen LogP contribution >= 0.6 is 0 Å². The number of nitro benzene ring substituents is 1. The maximum absolute atomic E-state index is 12.4. The monoisotopic (exact) mass is 408 g/mol. The standard InChI is InChI=1S/C17H20N4O6S/c1-27-7-6-20(16-5-8-28(25,26)12-16)11-13(10-18)17(22)19-14-3-2-4-15(9-14)21(23)24/h2-4,9,11,16H,5-8,12H2,1H3,(H,19,22)/b13-11-. The van der Waals surface area contributed by atoms with E-state index in [0.717, 1.165) is 0 Å². The number of hydrogen-bond donors (Lipinski definition) is 1. The molecule has 1 unspecified atom stereocenters. The van der Waals surface area contributed by atoms with Crippen LogP contribution in [0, 0.1) is 21.4 Å². The number of rotatable bonds is 8. The van der Waals surface area contributed by atoms with Crippen molar-refractivity contribution in [3.8, 4) is 6.07 Å². The highest BCUT2D eigenvalue weighted by Crippen LogP contribution is 2.20. The minimum absolute atomic E-state index is 0.0523. The van der Waals surface area contributed by atoms with Crippen molar-refractivity contribution >= 4 is 27.1 Å². The number of hydrogen-bond acceptors (Lipinski definition) is 8. The summed E-state index contributed by atoms with van der Waals surface area (Å²) in [6.45, 7) is 0.601. The van der Waals surface area contributed by atoms with Gasteiger partial charge in [-0.1, -0.05) is 6.07 Å². The number of anilines is 1. The van der Waals surface area contributed by atoms with Crippen LogP contribution in [0.15, 0.2) is 36.0 Å². The Morgan fingerprint density at radius 2 is 2.29 bits per heavy atom. The molecule has 1 N–H and O–H groups in total. The highest BCUT2D eigenvalue weighted by Gasteiger charge is 2.31. The van der Waals surface area contributed by atoms with Gasteiger partial charge in [0.1, 0.15) is 11.6 Å². The average molecular weight is 408 g/mol. The van der Waals surface area contributed by atoms with E-state index in [2.05, 4.69) is 5.32 Å². The molecule has 1 saturated heterocycles. The van der Waals surface area contributed by atoms with E-state index < -0.39 is 20.7 Å². The van der Waals surface area contributed by atoms with Gasteiger partial charge in [0.2, 0.25) is 0 Å².